The Kier molecular flexibility index (Phi) is 33.5. The second-order valence-electron chi connectivity index (χ2n) is 26.2. The molecule has 4 aromatic rings. The summed E-state index contributed by atoms with van der Waals surface area (Å²) in [5.41, 5.74) is 10.2. The molecule has 4 aromatic carbocycles. The molecule has 0 aliphatic carbocycles. The van der Waals surface area contributed by atoms with E-state index in [9.17, 15) is 34.3 Å². The van der Waals surface area contributed by atoms with Crippen molar-refractivity contribution >= 4 is 53.7 Å². The quantitative estimate of drug-likeness (QED) is 0.0109. The molecule has 108 heavy (non-hydrogen) atoms. The number of hydrogen-bond acceptors (Lipinski definition) is 28. The number of hydrogen-bond donors (Lipinski definition) is 1. The van der Waals surface area contributed by atoms with E-state index in [0.717, 1.165) is 60.3 Å². The molecule has 4 saturated heterocycles. The van der Waals surface area contributed by atoms with Crippen LogP contribution in [0, 0.1) is 0 Å². The van der Waals surface area contributed by atoms with Gasteiger partial charge in [0, 0.05) is 66.0 Å². The lowest BCUT2D eigenvalue weighted by Crippen LogP contribution is -2.72. The second-order valence-corrected chi connectivity index (χ2v) is 26.2. The number of rotatable bonds is 38. The van der Waals surface area contributed by atoms with Crippen LogP contribution in [0.4, 0.5) is 0 Å². The first kappa shape index (κ1) is 84.6. The summed E-state index contributed by atoms with van der Waals surface area (Å²) in [6.45, 7) is 11.1. The molecule has 1 amide bonds. The minimum Gasteiger partial charge on any atom is -0.462 e. The summed E-state index contributed by atoms with van der Waals surface area (Å²) in [6, 6.07) is 29.3. The lowest BCUT2D eigenvalue weighted by atomic mass is 9.87. The van der Waals surface area contributed by atoms with Crippen molar-refractivity contribution in [1.82, 2.24) is 5.32 Å². The van der Waals surface area contributed by atoms with Gasteiger partial charge in [-0.25, -0.2) is 19.2 Å². The number of nitrogens with zero attached hydrogens (tertiary/aromatic N) is 3. The van der Waals surface area contributed by atoms with Gasteiger partial charge in [0.2, 0.25) is 5.91 Å². The average Bonchev–Trinajstić information content (AvgIpc) is 0.739. The van der Waals surface area contributed by atoms with Gasteiger partial charge < -0.3 is 90.6 Å². The van der Waals surface area contributed by atoms with Crippen LogP contribution in [0.3, 0.4) is 0 Å². The fourth-order valence-electron chi connectivity index (χ4n) is 12.8. The average molecular weight is 1510 g/mol. The fraction of sp³-hybridized carbons (Fsp3) is 0.571. The summed E-state index contributed by atoms with van der Waals surface area (Å²) >= 11 is 0. The third-order valence-electron chi connectivity index (χ3n) is 17.9. The monoisotopic (exact) mass is 1510 g/mol. The Morgan fingerprint density at radius 3 is 1.66 bits per heavy atom. The molecule has 4 heterocycles. The first-order chi connectivity index (χ1) is 52.1. The number of amides is 1. The first-order valence-electron chi connectivity index (χ1n) is 36.4. The SMILES string of the molecule is CCCCOC1C(C)OC(OC2C(CN=[N+]=[N-])OCCC2OC2OC(COC(=O)c3ccccc3)C(OC(=O)c3ccccc3)C(OC3(C(=O)OCc4ccccc4)CC(OC(C)=O)C(NC(C)=O)C([C@H](OC(C)=O)[C@@H](COC(C)=O)OC(C)=O)O3)C2OC(=O)c2ccccc2)C(OCCCC)C1OCCCC. The van der Waals surface area contributed by atoms with Crippen molar-refractivity contribution in [2.24, 2.45) is 5.11 Å². The maximum Gasteiger partial charge on any atom is 0.367 e. The molecule has 1 N–H and O–H groups in total. The van der Waals surface area contributed by atoms with Crippen LogP contribution in [0.2, 0.25) is 0 Å². The van der Waals surface area contributed by atoms with E-state index in [-0.39, 0.29) is 42.9 Å². The van der Waals surface area contributed by atoms with E-state index >= 15 is 14.4 Å². The minimum atomic E-state index is -3.23. The van der Waals surface area contributed by atoms with Crippen molar-refractivity contribution in [3.63, 3.8) is 0 Å². The third-order valence-corrected chi connectivity index (χ3v) is 17.9. The first-order valence-corrected chi connectivity index (χ1v) is 36.4. The molecule has 0 aromatic heterocycles. The van der Waals surface area contributed by atoms with E-state index < -0.39 is 196 Å². The van der Waals surface area contributed by atoms with Crippen LogP contribution in [-0.2, 0) is 121 Å². The summed E-state index contributed by atoms with van der Waals surface area (Å²) in [4.78, 5) is 131. The van der Waals surface area contributed by atoms with Crippen LogP contribution >= 0.6 is 0 Å². The number of azide groups is 1. The Bertz CT molecular complexity index is 3600. The maximum atomic E-state index is 16.3. The van der Waals surface area contributed by atoms with E-state index in [4.69, 9.17) is 85.3 Å². The second kappa shape index (κ2) is 42.7. The van der Waals surface area contributed by atoms with Crippen LogP contribution in [0.5, 0.6) is 0 Å². The standard InChI is InChI=1S/C77H98N4O27/c1-10-13-37-92-62-46(4)98-74(69(94-39-15-12-3)67(62)93-38-14-11-2)106-63-56(36-40-91-58(63)42-79-81-78)102-75-70(105-73(89)55-34-26-19-27-35-55)68(65(104-72(88)54-32-24-18-25-33-54)60(103-75)45-96-71(87)53-30-22-17-23-31-53)108-77(76(90)97-43-52-28-20-16-21-29-52)41-57(99-49(7)84)61(80-47(5)82)66(107-77)64(101-51(9)86)59(100-50(8)85)44-95-48(6)83/h16-35,46,56-70,74-75H,10-15,36-45H2,1-9H3,(H,80,82)/t46?,56?,57?,58?,59-,60?,61?,62?,63?,64-,65?,66?,67?,68?,69?,70?,74?,75?,77?/m1/s1. The molecule has 0 saturated carbocycles. The Labute approximate surface area is 626 Å². The zero-order chi connectivity index (χ0) is 77.7. The zero-order valence-electron chi connectivity index (χ0n) is 62.1. The molecule has 4 aliphatic rings. The van der Waals surface area contributed by atoms with E-state index in [1.54, 1.807) is 60.7 Å². The Morgan fingerprint density at radius 1 is 0.565 bits per heavy atom. The third kappa shape index (κ3) is 24.3. The molecule has 588 valence electrons. The van der Waals surface area contributed by atoms with Crippen molar-refractivity contribution in [1.29, 1.82) is 0 Å². The van der Waals surface area contributed by atoms with Crippen molar-refractivity contribution in [3.05, 3.63) is 154 Å². The van der Waals surface area contributed by atoms with E-state index in [0.29, 0.717) is 31.6 Å². The largest absolute Gasteiger partial charge is 0.462 e. The van der Waals surface area contributed by atoms with Crippen LogP contribution < -0.4 is 5.32 Å². The van der Waals surface area contributed by atoms with Gasteiger partial charge in [-0.05, 0) is 80.1 Å². The minimum absolute atomic E-state index is 0.0536. The highest BCUT2D eigenvalue weighted by Gasteiger charge is 2.64. The lowest BCUT2D eigenvalue weighted by molar-refractivity contribution is -0.381. The number of carbonyl (C=O) groups is 9. The fourth-order valence-corrected chi connectivity index (χ4v) is 12.8. The molecule has 0 bridgehead atoms. The van der Waals surface area contributed by atoms with Crippen LogP contribution in [0.25, 0.3) is 10.4 Å². The summed E-state index contributed by atoms with van der Waals surface area (Å²) in [5, 5.41) is 6.58. The number of esters is 8. The van der Waals surface area contributed by atoms with Gasteiger partial charge in [-0.15, -0.1) is 0 Å². The van der Waals surface area contributed by atoms with Crippen LogP contribution in [0.15, 0.2) is 126 Å². The predicted octanol–water partition coefficient (Wildman–Crippen LogP) is 8.67. The molecular formula is C77H98N4O27. The predicted molar refractivity (Wildman–Crippen MR) is 377 cm³/mol. The molecule has 4 aliphatic heterocycles. The highest BCUT2D eigenvalue weighted by Crippen LogP contribution is 2.43. The van der Waals surface area contributed by atoms with Gasteiger partial charge >= 0.3 is 47.8 Å². The van der Waals surface area contributed by atoms with Gasteiger partial charge in [-0.1, -0.05) is 130 Å². The molecule has 8 rings (SSSR count). The summed E-state index contributed by atoms with van der Waals surface area (Å²) in [7, 11) is 0. The van der Waals surface area contributed by atoms with Crippen LogP contribution in [-0.4, -0.2) is 216 Å². The normalized spacial score (nSPS) is 27.3. The van der Waals surface area contributed by atoms with Crippen molar-refractivity contribution in [2.45, 2.75) is 236 Å². The van der Waals surface area contributed by atoms with Gasteiger partial charge in [0.1, 0.15) is 68.7 Å². The van der Waals surface area contributed by atoms with Crippen molar-refractivity contribution in [3.8, 4) is 0 Å². The summed E-state index contributed by atoms with van der Waals surface area (Å²) < 4.78 is 117. The molecule has 0 spiro atoms. The maximum absolute atomic E-state index is 16.3. The molecule has 19 atom stereocenters. The Balaban J connectivity index is 1.40. The smallest absolute Gasteiger partial charge is 0.367 e. The van der Waals surface area contributed by atoms with Gasteiger partial charge in [0.15, 0.2) is 37.0 Å². The zero-order valence-corrected chi connectivity index (χ0v) is 62.1. The highest BCUT2D eigenvalue weighted by molar-refractivity contribution is 5.91. The van der Waals surface area contributed by atoms with Crippen LogP contribution in [0.1, 0.15) is 150 Å². The van der Waals surface area contributed by atoms with Gasteiger partial charge in [-0.2, -0.15) is 0 Å². The molecule has 0 radical (unpaired) electrons. The highest BCUT2D eigenvalue weighted by atomic mass is 16.8. The van der Waals surface area contributed by atoms with Gasteiger partial charge in [0.05, 0.1) is 54.0 Å². The number of carbonyl (C=O) groups excluding carboxylic acids is 9. The number of ether oxygens (including phenoxy) is 18. The lowest BCUT2D eigenvalue weighted by Gasteiger charge is -2.52. The summed E-state index contributed by atoms with van der Waals surface area (Å²) in [6.07, 6.45) is -23.5. The number of unbranched alkanes of at least 4 members (excludes halogenated alkanes) is 3. The van der Waals surface area contributed by atoms with E-state index in [1.165, 1.54) is 60.7 Å². The van der Waals surface area contributed by atoms with E-state index in [1.807, 2.05) is 27.7 Å². The Hall–Kier alpha value is -8.98. The molecule has 4 fully saturated rings. The van der Waals surface area contributed by atoms with Crippen molar-refractivity contribution in [2.75, 3.05) is 46.2 Å². The van der Waals surface area contributed by atoms with Crippen molar-refractivity contribution < 1.29 is 128 Å². The molecule has 31 heteroatoms. The topological polar surface area (TPSA) is 381 Å². The van der Waals surface area contributed by atoms with Gasteiger partial charge in [-0.3, -0.25) is 24.0 Å². The van der Waals surface area contributed by atoms with E-state index in [2.05, 4.69) is 15.3 Å². The molecule has 17 unspecified atom stereocenters. The molecular weight excluding hydrogens is 1410 g/mol. The van der Waals surface area contributed by atoms with Gasteiger partial charge in [0.25, 0.3) is 5.79 Å². The Morgan fingerprint density at radius 2 is 1.11 bits per heavy atom. The number of benzene rings is 4. The summed E-state index contributed by atoms with van der Waals surface area (Å²) in [5.74, 6) is -12.8. The number of nitrogens with one attached hydrogen (secondary N) is 1. The molecule has 31 nitrogen and oxygen atoms in total.